The van der Waals surface area contributed by atoms with Gasteiger partial charge in [0.2, 0.25) is 0 Å². The van der Waals surface area contributed by atoms with Gasteiger partial charge in [0.15, 0.2) is 11.5 Å². The Morgan fingerprint density at radius 2 is 1.89 bits per heavy atom. The van der Waals surface area contributed by atoms with Gasteiger partial charge >= 0.3 is 5.97 Å². The molecule has 2 aromatic rings. The Kier molecular flexibility index (Phi) is 8.11. The highest BCUT2D eigenvalue weighted by Gasteiger charge is 2.10. The van der Waals surface area contributed by atoms with Gasteiger partial charge in [0, 0.05) is 12.5 Å². The summed E-state index contributed by atoms with van der Waals surface area (Å²) in [5.74, 6) is 1.72. The molecule has 0 aliphatic rings. The monoisotopic (exact) mass is 379 g/mol. The lowest BCUT2D eigenvalue weighted by molar-refractivity contribution is -0.134. The molecule has 0 aliphatic heterocycles. The van der Waals surface area contributed by atoms with E-state index in [1.54, 1.807) is 24.3 Å². The molecule has 2 rings (SSSR count). The summed E-state index contributed by atoms with van der Waals surface area (Å²) in [5.41, 5.74) is 2.05. The maximum absolute atomic E-state index is 12.1. The van der Waals surface area contributed by atoms with E-state index in [1.807, 2.05) is 18.2 Å². The van der Waals surface area contributed by atoms with Crippen molar-refractivity contribution in [2.45, 2.75) is 32.6 Å². The van der Waals surface area contributed by atoms with Gasteiger partial charge in [0.25, 0.3) is 0 Å². The molecule has 0 radical (unpaired) electrons. The minimum Gasteiger partial charge on any atom is -0.494 e. The van der Waals surface area contributed by atoms with E-state index in [2.05, 4.69) is 26.0 Å². The average Bonchev–Trinajstić information content (AvgIpc) is 2.70. The number of ether oxygens (including phenoxy) is 3. The van der Waals surface area contributed by atoms with Crippen LogP contribution in [-0.4, -0.2) is 19.7 Å². The van der Waals surface area contributed by atoms with Gasteiger partial charge in [-0.1, -0.05) is 32.0 Å². The third kappa shape index (κ3) is 6.48. The van der Waals surface area contributed by atoms with E-state index in [-0.39, 0.29) is 12.4 Å². The van der Waals surface area contributed by atoms with Gasteiger partial charge in [-0.2, -0.15) is 5.26 Å². The number of rotatable bonds is 9. The lowest BCUT2D eigenvalue weighted by atomic mass is 10.0. The fourth-order valence-corrected chi connectivity index (χ4v) is 2.53. The van der Waals surface area contributed by atoms with Crippen molar-refractivity contribution >= 4 is 12.0 Å². The minimum atomic E-state index is -0.350. The van der Waals surface area contributed by atoms with Crippen LogP contribution in [0.15, 0.2) is 48.5 Å². The zero-order valence-corrected chi connectivity index (χ0v) is 16.5. The normalized spacial score (nSPS) is 10.7. The molecule has 0 spiro atoms. The molecule has 28 heavy (non-hydrogen) atoms. The van der Waals surface area contributed by atoms with Crippen LogP contribution < -0.4 is 14.2 Å². The smallest absolute Gasteiger partial charge is 0.311 e. The molecule has 0 aliphatic carbocycles. The summed E-state index contributed by atoms with van der Waals surface area (Å²) >= 11 is 0. The largest absolute Gasteiger partial charge is 0.494 e. The molecule has 5 nitrogen and oxygen atoms in total. The summed E-state index contributed by atoms with van der Waals surface area (Å²) in [6.45, 7) is 4.73. The van der Waals surface area contributed by atoms with E-state index in [9.17, 15) is 4.79 Å². The third-order valence-electron chi connectivity index (χ3n) is 4.10. The number of methoxy groups -OCH3 is 1. The minimum absolute atomic E-state index is 0.239. The van der Waals surface area contributed by atoms with Gasteiger partial charge < -0.3 is 14.2 Å². The Labute approximate surface area is 166 Å². The molecule has 146 valence electrons. The molecule has 0 heterocycles. The summed E-state index contributed by atoms with van der Waals surface area (Å²) in [6, 6.07) is 15.0. The van der Waals surface area contributed by atoms with Crippen LogP contribution in [0.2, 0.25) is 0 Å². The highest BCUT2D eigenvalue weighted by atomic mass is 16.6. The SMILES string of the molecule is COc1cc(/C=C\C#N)ccc1OC(=O)CCCOc1ccc(C(C)C)cc1. The highest BCUT2D eigenvalue weighted by molar-refractivity contribution is 5.73. The summed E-state index contributed by atoms with van der Waals surface area (Å²) in [6.07, 6.45) is 3.81. The Bertz CT molecular complexity index is 848. The van der Waals surface area contributed by atoms with Crippen LogP contribution in [0.4, 0.5) is 0 Å². The summed E-state index contributed by atoms with van der Waals surface area (Å²) < 4.78 is 16.3. The molecule has 0 saturated carbocycles. The van der Waals surface area contributed by atoms with E-state index >= 15 is 0 Å². The first kappa shape index (κ1) is 21.0. The van der Waals surface area contributed by atoms with Crippen molar-refractivity contribution in [2.24, 2.45) is 0 Å². The first-order chi connectivity index (χ1) is 13.5. The fourth-order valence-electron chi connectivity index (χ4n) is 2.53. The predicted octanol–water partition coefficient (Wildman–Crippen LogP) is 5.12. The lowest BCUT2D eigenvalue weighted by Crippen LogP contribution is -2.10. The summed E-state index contributed by atoms with van der Waals surface area (Å²) in [5, 5.41) is 8.59. The number of esters is 1. The maximum atomic E-state index is 12.1. The summed E-state index contributed by atoms with van der Waals surface area (Å²) in [4.78, 5) is 12.1. The van der Waals surface area contributed by atoms with Gasteiger partial charge in [0.05, 0.1) is 19.8 Å². The van der Waals surface area contributed by atoms with Crippen molar-refractivity contribution in [2.75, 3.05) is 13.7 Å². The first-order valence-corrected chi connectivity index (χ1v) is 9.21. The van der Waals surface area contributed by atoms with Crippen LogP contribution >= 0.6 is 0 Å². The van der Waals surface area contributed by atoms with Crippen molar-refractivity contribution < 1.29 is 19.0 Å². The number of nitriles is 1. The van der Waals surface area contributed by atoms with Crippen molar-refractivity contribution in [3.05, 3.63) is 59.7 Å². The second-order valence-corrected chi connectivity index (χ2v) is 6.52. The number of nitrogens with zero attached hydrogens (tertiary/aromatic N) is 1. The van der Waals surface area contributed by atoms with E-state index < -0.39 is 0 Å². The quantitative estimate of drug-likeness (QED) is 0.262. The molecular formula is C23H25NO4. The van der Waals surface area contributed by atoms with Gasteiger partial charge in [-0.25, -0.2) is 0 Å². The molecular weight excluding hydrogens is 354 g/mol. The molecule has 0 atom stereocenters. The van der Waals surface area contributed by atoms with Crippen LogP contribution in [0, 0.1) is 11.3 Å². The van der Waals surface area contributed by atoms with E-state index in [0.717, 1.165) is 11.3 Å². The van der Waals surface area contributed by atoms with Gasteiger partial charge in [-0.05, 0) is 53.8 Å². The van der Waals surface area contributed by atoms with E-state index in [1.165, 1.54) is 18.7 Å². The molecule has 0 N–H and O–H groups in total. The van der Waals surface area contributed by atoms with Crippen LogP contribution in [-0.2, 0) is 4.79 Å². The predicted molar refractivity (Wildman–Crippen MR) is 109 cm³/mol. The fraction of sp³-hybridized carbons (Fsp3) is 0.304. The van der Waals surface area contributed by atoms with E-state index in [4.69, 9.17) is 19.5 Å². The van der Waals surface area contributed by atoms with Gasteiger partial charge in [-0.15, -0.1) is 0 Å². The zero-order chi connectivity index (χ0) is 20.4. The van der Waals surface area contributed by atoms with Crippen molar-refractivity contribution in [1.29, 1.82) is 5.26 Å². The maximum Gasteiger partial charge on any atom is 0.311 e. The number of carbonyl (C=O) groups is 1. The highest BCUT2D eigenvalue weighted by Crippen LogP contribution is 2.29. The van der Waals surface area contributed by atoms with E-state index in [0.29, 0.717) is 30.4 Å². The summed E-state index contributed by atoms with van der Waals surface area (Å²) in [7, 11) is 1.50. The molecule has 2 aromatic carbocycles. The number of benzene rings is 2. The van der Waals surface area contributed by atoms with Gasteiger partial charge in [-0.3, -0.25) is 4.79 Å². The van der Waals surface area contributed by atoms with Crippen molar-refractivity contribution in [3.63, 3.8) is 0 Å². The number of hydrogen-bond donors (Lipinski definition) is 0. The Morgan fingerprint density at radius 1 is 1.14 bits per heavy atom. The lowest BCUT2D eigenvalue weighted by Gasteiger charge is -2.11. The molecule has 0 amide bonds. The molecule has 0 fully saturated rings. The topological polar surface area (TPSA) is 68.5 Å². The molecule has 0 unspecified atom stereocenters. The Morgan fingerprint density at radius 3 is 2.54 bits per heavy atom. The second kappa shape index (κ2) is 10.8. The molecule has 0 saturated heterocycles. The molecule has 5 heteroatoms. The van der Waals surface area contributed by atoms with Gasteiger partial charge in [0.1, 0.15) is 5.75 Å². The standard InChI is InChI=1S/C23H25NO4/c1-17(2)19-9-11-20(12-10-19)27-15-5-7-23(25)28-21-13-8-18(6-4-14-24)16-22(21)26-3/h4,6,8-13,16-17H,5,7,15H2,1-3H3/b6-4-. The molecule has 0 aromatic heterocycles. The van der Waals surface area contributed by atoms with Crippen LogP contribution in [0.25, 0.3) is 6.08 Å². The van der Waals surface area contributed by atoms with Crippen LogP contribution in [0.3, 0.4) is 0 Å². The third-order valence-corrected chi connectivity index (χ3v) is 4.10. The zero-order valence-electron chi connectivity index (χ0n) is 16.5. The van der Waals surface area contributed by atoms with Crippen molar-refractivity contribution in [1.82, 2.24) is 0 Å². The number of hydrogen-bond acceptors (Lipinski definition) is 5. The number of allylic oxidation sites excluding steroid dienone is 1. The Hall–Kier alpha value is -3.26. The van der Waals surface area contributed by atoms with Crippen LogP contribution in [0.5, 0.6) is 17.2 Å². The average molecular weight is 379 g/mol. The first-order valence-electron chi connectivity index (χ1n) is 9.21. The second-order valence-electron chi connectivity index (χ2n) is 6.52. The Balaban J connectivity index is 1.80. The molecule has 0 bridgehead atoms. The van der Waals surface area contributed by atoms with Crippen molar-refractivity contribution in [3.8, 4) is 23.3 Å². The van der Waals surface area contributed by atoms with Crippen LogP contribution in [0.1, 0.15) is 43.7 Å². The number of carbonyl (C=O) groups excluding carboxylic acids is 1.